The molecule has 1 rings (SSSR count). The molecule has 1 aromatic rings. The van der Waals surface area contributed by atoms with Crippen LogP contribution in [0.15, 0.2) is 30.3 Å². The molecule has 0 amide bonds. The Bertz CT molecular complexity index is 337. The minimum absolute atomic E-state index is 0. The summed E-state index contributed by atoms with van der Waals surface area (Å²) in [6, 6.07) is 9.70. The van der Waals surface area contributed by atoms with Crippen molar-refractivity contribution in [2.45, 2.75) is 13.0 Å². The van der Waals surface area contributed by atoms with Crippen molar-refractivity contribution in [2.75, 3.05) is 26.6 Å². The van der Waals surface area contributed by atoms with Gasteiger partial charge in [0.1, 0.15) is 0 Å². The molecule has 0 spiro atoms. The number of benzene rings is 1. The first-order valence-corrected chi connectivity index (χ1v) is 5.98. The summed E-state index contributed by atoms with van der Waals surface area (Å²) in [5.74, 6) is 0. The molecule has 2 nitrogen and oxygen atoms in total. The fourth-order valence-electron chi connectivity index (χ4n) is 1.65. The van der Waals surface area contributed by atoms with E-state index in [1.54, 1.807) is 0 Å². The number of hydrogen-bond donors (Lipinski definition) is 0. The van der Waals surface area contributed by atoms with E-state index in [2.05, 4.69) is 0 Å². The van der Waals surface area contributed by atoms with Crippen molar-refractivity contribution in [2.24, 2.45) is 0 Å². The summed E-state index contributed by atoms with van der Waals surface area (Å²) in [4.78, 5) is 1.28. The molecule has 19 heavy (non-hydrogen) atoms. The van der Waals surface area contributed by atoms with Crippen LogP contribution in [-0.2, 0) is 11.3 Å². The van der Waals surface area contributed by atoms with Gasteiger partial charge in [0.25, 0.3) is 0 Å². The van der Waals surface area contributed by atoms with E-state index < -0.39 is 13.4 Å². The zero-order chi connectivity index (χ0) is 13.4. The average Bonchev–Trinajstić information content (AvgIpc) is 2.27. The monoisotopic (exact) mass is 299 g/mol. The summed E-state index contributed by atoms with van der Waals surface area (Å²) in [6.07, 6.45) is -0.200. The molecule has 0 saturated carbocycles. The molecule has 0 aromatic heterocycles. The van der Waals surface area contributed by atoms with Gasteiger partial charge in [0, 0.05) is 6.61 Å². The molecule has 0 unspecified atom stereocenters. The predicted molar refractivity (Wildman–Crippen MR) is 67.3 cm³/mol. The van der Waals surface area contributed by atoms with Crippen molar-refractivity contribution in [3.05, 3.63) is 35.9 Å². The molecular formula is C12H18BF3KNO. The van der Waals surface area contributed by atoms with E-state index in [1.807, 2.05) is 30.3 Å². The van der Waals surface area contributed by atoms with Gasteiger partial charge in [-0.3, -0.25) is 0 Å². The molecule has 0 aliphatic carbocycles. The molecule has 0 fully saturated rings. The molecule has 0 atom stereocenters. The summed E-state index contributed by atoms with van der Waals surface area (Å²) in [5, 5.41) is 0. The van der Waals surface area contributed by atoms with Crippen molar-refractivity contribution in [1.29, 1.82) is 0 Å². The minimum atomic E-state index is -4.72. The second-order valence-corrected chi connectivity index (χ2v) is 4.36. The van der Waals surface area contributed by atoms with Crippen LogP contribution in [0.3, 0.4) is 0 Å². The molecule has 0 bridgehead atoms. The second kappa shape index (κ2) is 10.4. The van der Waals surface area contributed by atoms with Crippen LogP contribution in [0.25, 0.3) is 0 Å². The van der Waals surface area contributed by atoms with Gasteiger partial charge in [-0.2, -0.15) is 0 Å². The van der Waals surface area contributed by atoms with E-state index in [1.165, 1.54) is 11.9 Å². The number of ether oxygens (including phenoxy) is 1. The zero-order valence-electron chi connectivity index (χ0n) is 11.5. The van der Waals surface area contributed by atoms with Gasteiger partial charge in [0.05, 0.1) is 6.61 Å². The van der Waals surface area contributed by atoms with Crippen molar-refractivity contribution < 1.29 is 69.1 Å². The van der Waals surface area contributed by atoms with Gasteiger partial charge in [-0.25, -0.2) is 0 Å². The van der Waals surface area contributed by atoms with E-state index in [-0.39, 0.29) is 51.4 Å². The van der Waals surface area contributed by atoms with Crippen LogP contribution in [0.4, 0.5) is 12.9 Å². The Kier molecular flexibility index (Phi) is 10.7. The number of nitrogens with zero attached hydrogens (tertiary/aromatic N) is 1. The molecule has 0 saturated heterocycles. The third-order valence-corrected chi connectivity index (χ3v) is 2.46. The smallest absolute Gasteiger partial charge is 0.448 e. The van der Waals surface area contributed by atoms with Crippen LogP contribution in [0, 0.1) is 0 Å². The average molecular weight is 299 g/mol. The zero-order valence-corrected chi connectivity index (χ0v) is 14.6. The quantitative estimate of drug-likeness (QED) is 0.492. The van der Waals surface area contributed by atoms with Crippen molar-refractivity contribution in [1.82, 2.24) is 4.90 Å². The van der Waals surface area contributed by atoms with Gasteiger partial charge in [-0.05, 0) is 32.0 Å². The first-order chi connectivity index (χ1) is 8.47. The van der Waals surface area contributed by atoms with Gasteiger partial charge in [-0.1, -0.05) is 30.3 Å². The summed E-state index contributed by atoms with van der Waals surface area (Å²) in [5.41, 5.74) is 1.07. The summed E-state index contributed by atoms with van der Waals surface area (Å²) < 4.78 is 41.7. The van der Waals surface area contributed by atoms with Crippen LogP contribution >= 0.6 is 0 Å². The van der Waals surface area contributed by atoms with Gasteiger partial charge < -0.3 is 22.6 Å². The molecular weight excluding hydrogens is 281 g/mol. The first-order valence-electron chi connectivity index (χ1n) is 5.98. The fraction of sp³-hybridized carbons (Fsp3) is 0.500. The van der Waals surface area contributed by atoms with Crippen LogP contribution < -0.4 is 51.4 Å². The van der Waals surface area contributed by atoms with Crippen LogP contribution in [0.1, 0.15) is 12.0 Å². The summed E-state index contributed by atoms with van der Waals surface area (Å²) in [6.45, 7) is -3.34. The van der Waals surface area contributed by atoms with Crippen molar-refractivity contribution in [3.8, 4) is 0 Å². The van der Waals surface area contributed by atoms with Crippen LogP contribution in [0.5, 0.6) is 0 Å². The van der Waals surface area contributed by atoms with Crippen LogP contribution in [0.2, 0.25) is 0 Å². The number of rotatable bonds is 8. The third kappa shape index (κ3) is 11.0. The van der Waals surface area contributed by atoms with Gasteiger partial charge in [0.15, 0.2) is 0 Å². The Labute approximate surface area is 155 Å². The Morgan fingerprint density at radius 3 is 2.37 bits per heavy atom. The molecule has 0 heterocycles. The molecule has 0 aliphatic heterocycles. The Balaban J connectivity index is 0.00000324. The third-order valence-electron chi connectivity index (χ3n) is 2.46. The van der Waals surface area contributed by atoms with Gasteiger partial charge in [-0.15, -0.1) is 0 Å². The molecule has 7 heteroatoms. The molecule has 0 N–H and O–H groups in total. The maximum atomic E-state index is 12.1. The largest absolute Gasteiger partial charge is 1.00 e. The second-order valence-electron chi connectivity index (χ2n) is 4.36. The maximum absolute atomic E-state index is 12.1. The van der Waals surface area contributed by atoms with Gasteiger partial charge in [0.2, 0.25) is 0 Å². The fourth-order valence-corrected chi connectivity index (χ4v) is 1.65. The Morgan fingerprint density at radius 1 is 1.16 bits per heavy atom. The number of hydrogen-bond acceptors (Lipinski definition) is 2. The van der Waals surface area contributed by atoms with Crippen LogP contribution in [-0.4, -0.2) is 38.5 Å². The van der Waals surface area contributed by atoms with Crippen molar-refractivity contribution in [3.63, 3.8) is 0 Å². The number of halogens is 3. The molecule has 0 aliphatic rings. The van der Waals surface area contributed by atoms with E-state index in [9.17, 15) is 12.9 Å². The summed E-state index contributed by atoms with van der Waals surface area (Å²) >= 11 is 0. The SMILES string of the molecule is CN(CCCOCc1ccccc1)C[B-](F)(F)F.[K+]. The van der Waals surface area contributed by atoms with Gasteiger partial charge >= 0.3 is 58.4 Å². The summed E-state index contributed by atoms with van der Waals surface area (Å²) in [7, 11) is 1.48. The topological polar surface area (TPSA) is 12.5 Å². The first kappa shape index (κ1) is 19.6. The molecule has 102 valence electrons. The predicted octanol–water partition coefficient (Wildman–Crippen LogP) is -0.0843. The Hall–Kier alpha value is 0.631. The van der Waals surface area contributed by atoms with E-state index in [0.29, 0.717) is 26.2 Å². The van der Waals surface area contributed by atoms with E-state index >= 15 is 0 Å². The van der Waals surface area contributed by atoms with E-state index in [0.717, 1.165) is 5.56 Å². The normalized spacial score (nSPS) is 11.4. The van der Waals surface area contributed by atoms with E-state index in [4.69, 9.17) is 4.74 Å². The maximum Gasteiger partial charge on any atom is 1.00 e. The van der Waals surface area contributed by atoms with Crippen molar-refractivity contribution >= 4 is 6.98 Å². The minimum Gasteiger partial charge on any atom is -0.448 e. The molecule has 1 aromatic carbocycles. The standard InChI is InChI=1S/C12H18BF3NO.K/c1-17(11-13(14,15)16)8-5-9-18-10-12-6-3-2-4-7-12;/h2-4,6-7H,5,8-11H2,1H3;/q-1;+1. The Morgan fingerprint density at radius 2 is 1.79 bits per heavy atom. The molecule has 0 radical (unpaired) electrons.